The third-order valence-corrected chi connectivity index (χ3v) is 7.26. The Morgan fingerprint density at radius 1 is 1.23 bits per heavy atom. The summed E-state index contributed by atoms with van der Waals surface area (Å²) in [5.41, 5.74) is -0.965. The van der Waals surface area contributed by atoms with Crippen LogP contribution in [0.3, 0.4) is 0 Å². The van der Waals surface area contributed by atoms with Crippen LogP contribution in [0.5, 0.6) is 0 Å². The second kappa shape index (κ2) is 12.5. The van der Waals surface area contributed by atoms with Crippen molar-refractivity contribution in [3.63, 3.8) is 0 Å². The lowest BCUT2D eigenvalue weighted by Gasteiger charge is -2.32. The van der Waals surface area contributed by atoms with Crippen LogP contribution in [0.4, 0.5) is 5.82 Å². The maximum atomic E-state index is 12.4. The Balaban J connectivity index is 1.43. The largest absolute Gasteiger partial charge is 0.461 e. The topological polar surface area (TPSA) is 233 Å². The van der Waals surface area contributed by atoms with E-state index >= 15 is 0 Å². The quantitative estimate of drug-likeness (QED) is 0.0815. The highest BCUT2D eigenvalue weighted by Crippen LogP contribution is 2.33. The number of nitrogens with zero attached hydrogens (tertiary/aromatic N) is 4. The van der Waals surface area contributed by atoms with E-state index in [2.05, 4.69) is 42.9 Å². The van der Waals surface area contributed by atoms with E-state index in [1.165, 1.54) is 17.2 Å². The van der Waals surface area contributed by atoms with Gasteiger partial charge in [-0.25, -0.2) is 19.7 Å². The molecule has 0 amide bonds. The van der Waals surface area contributed by atoms with Gasteiger partial charge in [0.2, 0.25) is 0 Å². The van der Waals surface area contributed by atoms with Gasteiger partial charge in [-0.2, -0.15) is 0 Å². The van der Waals surface area contributed by atoms with Crippen molar-refractivity contribution in [3.05, 3.63) is 46.1 Å². The molecule has 3 aromatic rings. The number of hydrogen-bond donors (Lipinski definition) is 8. The smallest absolute Gasteiger partial charge is 0.340 e. The number of esters is 1. The summed E-state index contributed by atoms with van der Waals surface area (Å²) in [7, 11) is 0. The molecular weight excluding hydrogens is 645 g/mol. The average Bonchev–Trinajstić information content (AvgIpc) is 3.49. The van der Waals surface area contributed by atoms with E-state index in [-0.39, 0.29) is 0 Å². The first-order valence-corrected chi connectivity index (χ1v) is 13.3. The maximum absolute atomic E-state index is 12.4. The van der Waals surface area contributed by atoms with Crippen LogP contribution in [0.25, 0.3) is 11.2 Å². The van der Waals surface area contributed by atoms with Crippen LogP contribution in [0, 0.1) is 3.57 Å². The number of anilines is 1. The number of ether oxygens (including phenoxy) is 2. The van der Waals surface area contributed by atoms with E-state index in [4.69, 9.17) is 14.6 Å². The number of carbonyl (C=O) groups excluding carboxylic acids is 1. The number of carbonyl (C=O) groups is 1. The molecule has 218 valence electrons. The summed E-state index contributed by atoms with van der Waals surface area (Å²) in [5.74, 6) is -0.960. The highest BCUT2D eigenvalue weighted by Gasteiger charge is 2.48. The average molecular weight is 675 g/mol. The summed E-state index contributed by atoms with van der Waals surface area (Å²) < 4.78 is 13.2. The van der Waals surface area contributed by atoms with Gasteiger partial charge in [-0.3, -0.25) is 4.57 Å². The van der Waals surface area contributed by atoms with Crippen LogP contribution in [0.1, 0.15) is 18.7 Å². The second-order valence-corrected chi connectivity index (χ2v) is 10.8. The fraction of sp³-hybridized carbons (Fsp3) is 0.500. The summed E-state index contributed by atoms with van der Waals surface area (Å²) >= 11 is 2.22. The maximum Gasteiger partial charge on any atom is 0.340 e. The van der Waals surface area contributed by atoms with Gasteiger partial charge in [0.05, 0.1) is 12.9 Å². The summed E-state index contributed by atoms with van der Waals surface area (Å²) in [6.45, 7) is -0.251. The number of nitrogens with one attached hydrogen (secondary N) is 1. The Morgan fingerprint density at radius 3 is 2.67 bits per heavy atom. The van der Waals surface area contributed by atoms with Gasteiger partial charge in [-0.1, -0.05) is 12.1 Å². The van der Waals surface area contributed by atoms with Crippen molar-refractivity contribution in [2.75, 3.05) is 18.5 Å². The monoisotopic (exact) mass is 675 g/mol. The van der Waals surface area contributed by atoms with E-state index < -0.39 is 67.6 Å². The molecule has 8 atom stereocenters. The third kappa shape index (κ3) is 6.19. The van der Waals surface area contributed by atoms with Crippen molar-refractivity contribution in [3.8, 4) is 0 Å². The number of fused-ring (bicyclic) bond motifs is 1. The fourth-order valence-corrected chi connectivity index (χ4v) is 4.78. The van der Waals surface area contributed by atoms with Gasteiger partial charge in [0, 0.05) is 10.1 Å². The normalized spacial score (nSPS) is 24.8. The number of aliphatic hydroxyl groups excluding tert-OH is 6. The molecule has 16 heteroatoms. The Bertz CT molecular complexity index is 1330. The molecular formula is C24H30IN5O10. The molecule has 1 saturated heterocycles. The second-order valence-electron chi connectivity index (χ2n) is 9.51. The van der Waals surface area contributed by atoms with Crippen molar-refractivity contribution in [1.29, 1.82) is 0 Å². The number of aromatic nitrogens is 4. The minimum atomic E-state index is -2.68. The van der Waals surface area contributed by atoms with Crippen molar-refractivity contribution in [2.45, 2.75) is 61.9 Å². The van der Waals surface area contributed by atoms with Gasteiger partial charge in [0.25, 0.3) is 0 Å². The summed E-state index contributed by atoms with van der Waals surface area (Å²) in [4.78, 5) is 25.3. The first kappa shape index (κ1) is 30.4. The highest BCUT2D eigenvalue weighted by atomic mass is 127. The van der Waals surface area contributed by atoms with E-state index in [0.717, 1.165) is 16.1 Å². The van der Waals surface area contributed by atoms with Crippen molar-refractivity contribution >= 4 is 45.5 Å². The lowest BCUT2D eigenvalue weighted by molar-refractivity contribution is -0.195. The predicted octanol–water partition coefficient (Wildman–Crippen LogP) is -1.97. The molecule has 1 fully saturated rings. The molecule has 0 unspecified atom stereocenters. The highest BCUT2D eigenvalue weighted by molar-refractivity contribution is 14.1. The van der Waals surface area contributed by atoms with Gasteiger partial charge >= 0.3 is 5.97 Å². The molecule has 0 bridgehead atoms. The Morgan fingerprint density at radius 2 is 1.98 bits per heavy atom. The van der Waals surface area contributed by atoms with Crippen molar-refractivity contribution in [2.24, 2.45) is 0 Å². The molecule has 0 aliphatic carbocycles. The molecule has 0 spiro atoms. The number of hydrogen-bond acceptors (Lipinski definition) is 14. The molecule has 3 heterocycles. The van der Waals surface area contributed by atoms with E-state index in [1.807, 2.05) is 24.3 Å². The number of imidazole rings is 1. The molecule has 0 saturated carbocycles. The van der Waals surface area contributed by atoms with Crippen molar-refractivity contribution < 1.29 is 50.0 Å². The van der Waals surface area contributed by atoms with Crippen LogP contribution in [-0.2, 0) is 20.8 Å². The van der Waals surface area contributed by atoms with Crippen LogP contribution >= 0.6 is 22.6 Å². The third-order valence-electron chi connectivity index (χ3n) is 6.59. The minimum absolute atomic E-state index is 0.302. The SMILES string of the molecule is C[C@](O)(C(=O)OC[C@H]1O[C@@H](n2cnc3c(NCc4cccc(I)c4)ncnc32)[C@H](O)[C@@H]1O)[C@@H](O)[C@H](O)[C@H](O)CO. The van der Waals surface area contributed by atoms with Crippen LogP contribution in [0.2, 0.25) is 0 Å². The predicted molar refractivity (Wildman–Crippen MR) is 144 cm³/mol. The lowest BCUT2D eigenvalue weighted by Crippen LogP contribution is -2.57. The standard InChI is InChI=1S/C24H30IN5O10/c1-24(38,19(36)16(33)13(32)7-31)23(37)39-8-14-17(34)18(35)22(40-14)30-10-29-15-20(27-9-28-21(15)30)26-6-11-3-2-4-12(25)5-11/h2-5,9-10,13-14,16-19,22,31-36,38H,6-8H2,1H3,(H,26,27,28)/t13-,14-,16-,17-,18-,19+,22-,24-/m1/s1. The van der Waals surface area contributed by atoms with Gasteiger partial charge < -0.3 is 50.5 Å². The van der Waals surface area contributed by atoms with Crippen LogP contribution in [0.15, 0.2) is 36.9 Å². The van der Waals surface area contributed by atoms with E-state index in [0.29, 0.717) is 23.5 Å². The molecule has 40 heavy (non-hydrogen) atoms. The van der Waals surface area contributed by atoms with Gasteiger partial charge in [0.15, 0.2) is 28.8 Å². The Hall–Kier alpha value is -2.55. The zero-order valence-corrected chi connectivity index (χ0v) is 23.3. The number of aliphatic hydroxyl groups is 7. The van der Waals surface area contributed by atoms with Crippen LogP contribution < -0.4 is 5.32 Å². The minimum Gasteiger partial charge on any atom is -0.461 e. The molecule has 8 N–H and O–H groups in total. The zero-order valence-electron chi connectivity index (χ0n) is 21.1. The summed E-state index contributed by atoms with van der Waals surface area (Å²) in [6.07, 6.45) is -8.84. The zero-order chi connectivity index (χ0) is 29.2. The Kier molecular flexibility index (Phi) is 9.53. The summed E-state index contributed by atoms with van der Waals surface area (Å²) in [5, 5.41) is 73.1. The van der Waals surface area contributed by atoms with E-state index in [1.54, 1.807) is 0 Å². The van der Waals surface area contributed by atoms with Gasteiger partial charge in [-0.05, 0) is 47.2 Å². The van der Waals surface area contributed by atoms with Gasteiger partial charge in [-0.15, -0.1) is 0 Å². The number of benzene rings is 1. The molecule has 1 aromatic carbocycles. The molecule has 2 aromatic heterocycles. The first-order chi connectivity index (χ1) is 18.9. The van der Waals surface area contributed by atoms with Crippen LogP contribution in [-0.4, -0.2) is 117 Å². The van der Waals surface area contributed by atoms with Crippen molar-refractivity contribution in [1.82, 2.24) is 19.5 Å². The molecule has 1 aliphatic heterocycles. The fourth-order valence-electron chi connectivity index (χ4n) is 4.17. The summed E-state index contributed by atoms with van der Waals surface area (Å²) in [6, 6.07) is 7.90. The number of rotatable bonds is 11. The molecule has 4 rings (SSSR count). The first-order valence-electron chi connectivity index (χ1n) is 12.2. The van der Waals surface area contributed by atoms with Gasteiger partial charge in [0.1, 0.15) is 49.6 Å². The lowest BCUT2D eigenvalue weighted by atomic mass is 9.92. The Labute approximate surface area is 241 Å². The van der Waals surface area contributed by atoms with E-state index in [9.17, 15) is 35.4 Å². The molecule has 1 aliphatic rings. The molecule has 0 radical (unpaired) electrons. The number of halogens is 1. The molecule has 15 nitrogen and oxygen atoms in total.